The number of anilines is 1. The Morgan fingerprint density at radius 3 is 2.45 bits per heavy atom. The molecule has 122 valence electrons. The van der Waals surface area contributed by atoms with Crippen molar-refractivity contribution in [2.24, 2.45) is 0 Å². The molecule has 1 amide bonds. The van der Waals surface area contributed by atoms with Gasteiger partial charge in [-0.25, -0.2) is 4.79 Å². The van der Waals surface area contributed by atoms with Gasteiger partial charge in [0.25, 0.3) is 0 Å². The maximum Gasteiger partial charge on any atom is 0.408 e. The Labute approximate surface area is 149 Å². The van der Waals surface area contributed by atoms with Crippen molar-refractivity contribution in [1.82, 2.24) is 10.6 Å². The first-order valence-electron chi connectivity index (χ1n) is 6.19. The molecule has 0 spiro atoms. The van der Waals surface area contributed by atoms with Crippen molar-refractivity contribution in [3.63, 3.8) is 0 Å². The van der Waals surface area contributed by atoms with Crippen LogP contribution in [0.4, 0.5) is 10.5 Å². The van der Waals surface area contributed by atoms with E-state index in [1.54, 1.807) is 0 Å². The van der Waals surface area contributed by atoms with Gasteiger partial charge in [-0.1, -0.05) is 46.9 Å². The fourth-order valence-corrected chi connectivity index (χ4v) is 2.09. The lowest BCUT2D eigenvalue weighted by Crippen LogP contribution is -2.56. The van der Waals surface area contributed by atoms with Gasteiger partial charge in [0.2, 0.25) is 3.79 Å². The highest BCUT2D eigenvalue weighted by molar-refractivity contribution is 7.80. The zero-order valence-corrected chi connectivity index (χ0v) is 15.3. The third-order valence-electron chi connectivity index (χ3n) is 2.69. The number of thiocarbonyl (C=S) groups is 1. The van der Waals surface area contributed by atoms with Gasteiger partial charge in [0.05, 0.1) is 7.11 Å². The molecular formula is C13H16Cl3N3O2S. The summed E-state index contributed by atoms with van der Waals surface area (Å²) >= 11 is 22.6. The molecule has 0 aliphatic rings. The average Bonchev–Trinajstić information content (AvgIpc) is 2.41. The summed E-state index contributed by atoms with van der Waals surface area (Å²) in [7, 11) is 1.21. The fourth-order valence-electron chi connectivity index (χ4n) is 1.54. The molecule has 0 heterocycles. The SMILES string of the molecule is COC(=O)N[C@@H](NC(=S)Nc1cc(C)ccc1C)C(Cl)(Cl)Cl. The monoisotopic (exact) mass is 383 g/mol. The molecule has 0 aliphatic carbocycles. The van der Waals surface area contributed by atoms with E-state index < -0.39 is 16.1 Å². The highest BCUT2D eigenvalue weighted by Crippen LogP contribution is 2.29. The molecule has 0 fully saturated rings. The molecule has 1 aromatic carbocycles. The molecule has 0 bridgehead atoms. The van der Waals surface area contributed by atoms with Crippen molar-refractivity contribution in [3.05, 3.63) is 29.3 Å². The number of amides is 1. The molecule has 3 N–H and O–H groups in total. The highest BCUT2D eigenvalue weighted by Gasteiger charge is 2.35. The molecule has 22 heavy (non-hydrogen) atoms. The Morgan fingerprint density at radius 2 is 1.91 bits per heavy atom. The second-order valence-electron chi connectivity index (χ2n) is 4.53. The second-order valence-corrected chi connectivity index (χ2v) is 7.30. The lowest BCUT2D eigenvalue weighted by molar-refractivity contribution is 0.166. The molecule has 1 atom stereocenters. The number of ether oxygens (including phenoxy) is 1. The lowest BCUT2D eigenvalue weighted by atomic mass is 10.1. The Hall–Kier alpha value is -0.950. The zero-order chi connectivity index (χ0) is 16.9. The van der Waals surface area contributed by atoms with Gasteiger partial charge in [-0.05, 0) is 43.3 Å². The molecular weight excluding hydrogens is 369 g/mol. The summed E-state index contributed by atoms with van der Waals surface area (Å²) < 4.78 is 2.66. The van der Waals surface area contributed by atoms with Crippen molar-refractivity contribution in [1.29, 1.82) is 0 Å². The number of methoxy groups -OCH3 is 1. The van der Waals surface area contributed by atoms with Crippen molar-refractivity contribution in [3.8, 4) is 0 Å². The summed E-state index contributed by atoms with van der Waals surface area (Å²) in [5.41, 5.74) is 2.89. The third-order valence-corrected chi connectivity index (χ3v) is 3.57. The van der Waals surface area contributed by atoms with E-state index in [4.69, 9.17) is 47.0 Å². The van der Waals surface area contributed by atoms with Gasteiger partial charge in [-0.15, -0.1) is 0 Å². The first kappa shape index (κ1) is 19.1. The number of alkyl carbamates (subject to hydrolysis) is 1. The van der Waals surface area contributed by atoms with Crippen LogP contribution in [0.3, 0.4) is 0 Å². The summed E-state index contributed by atoms with van der Waals surface area (Å²) in [6.45, 7) is 3.90. The minimum absolute atomic E-state index is 0.196. The third kappa shape index (κ3) is 6.04. The van der Waals surface area contributed by atoms with Crippen LogP contribution in [-0.2, 0) is 4.74 Å². The van der Waals surface area contributed by atoms with Gasteiger partial charge >= 0.3 is 6.09 Å². The number of rotatable bonds is 3. The number of carbonyl (C=O) groups excluding carboxylic acids is 1. The van der Waals surface area contributed by atoms with E-state index in [1.165, 1.54) is 7.11 Å². The summed E-state index contributed by atoms with van der Waals surface area (Å²) in [4.78, 5) is 11.3. The molecule has 0 aliphatic heterocycles. The van der Waals surface area contributed by atoms with E-state index in [2.05, 4.69) is 20.7 Å². The largest absolute Gasteiger partial charge is 0.453 e. The molecule has 5 nitrogen and oxygen atoms in total. The lowest BCUT2D eigenvalue weighted by Gasteiger charge is -2.27. The Kier molecular flexibility index (Phi) is 6.99. The number of benzene rings is 1. The minimum atomic E-state index is -1.82. The maximum atomic E-state index is 11.3. The van der Waals surface area contributed by atoms with Crippen LogP contribution >= 0.6 is 47.0 Å². The normalized spacial score (nSPS) is 12.3. The van der Waals surface area contributed by atoms with E-state index >= 15 is 0 Å². The molecule has 0 aromatic heterocycles. The standard InChI is InChI=1S/C13H16Cl3N3O2S/c1-7-4-5-8(2)9(6-7)17-11(22)18-10(13(14,15)16)19-12(20)21-3/h4-6,10H,1-3H3,(H,19,20)(H2,17,18,22)/t10-/m1/s1. The van der Waals surface area contributed by atoms with Crippen molar-refractivity contribution >= 4 is 63.9 Å². The second kappa shape index (κ2) is 8.06. The molecule has 0 unspecified atom stereocenters. The summed E-state index contributed by atoms with van der Waals surface area (Å²) in [5, 5.41) is 8.28. The Bertz CT molecular complexity index is 564. The van der Waals surface area contributed by atoms with Gasteiger partial charge in [0, 0.05) is 5.69 Å². The van der Waals surface area contributed by atoms with E-state index in [9.17, 15) is 4.79 Å². The predicted octanol–water partition coefficient (Wildman–Crippen LogP) is 3.64. The van der Waals surface area contributed by atoms with Gasteiger partial charge in [0.15, 0.2) is 11.3 Å². The number of nitrogens with one attached hydrogen (secondary N) is 3. The van der Waals surface area contributed by atoms with Crippen LogP contribution in [0.25, 0.3) is 0 Å². The van der Waals surface area contributed by atoms with E-state index in [0.717, 1.165) is 16.8 Å². The molecule has 1 rings (SSSR count). The molecule has 9 heteroatoms. The van der Waals surface area contributed by atoms with Crippen LogP contribution < -0.4 is 16.0 Å². The van der Waals surface area contributed by atoms with Gasteiger partial charge in [-0.3, -0.25) is 5.32 Å². The van der Waals surface area contributed by atoms with Crippen LogP contribution in [0.15, 0.2) is 18.2 Å². The molecule has 0 saturated carbocycles. The van der Waals surface area contributed by atoms with Crippen molar-refractivity contribution in [2.45, 2.75) is 23.8 Å². The molecule has 0 saturated heterocycles. The van der Waals surface area contributed by atoms with E-state index in [-0.39, 0.29) is 5.11 Å². The predicted molar refractivity (Wildman–Crippen MR) is 94.9 cm³/mol. The Balaban J connectivity index is 2.79. The number of aryl methyl sites for hydroxylation is 2. The van der Waals surface area contributed by atoms with E-state index in [0.29, 0.717) is 0 Å². The number of carbonyl (C=O) groups is 1. The van der Waals surface area contributed by atoms with Crippen LogP contribution in [0.5, 0.6) is 0 Å². The van der Waals surface area contributed by atoms with Gasteiger partial charge in [-0.2, -0.15) is 0 Å². The minimum Gasteiger partial charge on any atom is -0.453 e. The number of alkyl halides is 3. The van der Waals surface area contributed by atoms with Crippen LogP contribution in [-0.4, -0.2) is 28.3 Å². The van der Waals surface area contributed by atoms with Crippen LogP contribution in [0.2, 0.25) is 0 Å². The number of hydrogen-bond acceptors (Lipinski definition) is 3. The molecule has 0 radical (unpaired) electrons. The van der Waals surface area contributed by atoms with Crippen LogP contribution in [0, 0.1) is 13.8 Å². The fraction of sp³-hybridized carbons (Fsp3) is 0.385. The van der Waals surface area contributed by atoms with E-state index in [1.807, 2.05) is 32.0 Å². The quantitative estimate of drug-likeness (QED) is 0.422. The Morgan fingerprint density at radius 1 is 1.27 bits per heavy atom. The topological polar surface area (TPSA) is 62.4 Å². The summed E-state index contributed by atoms with van der Waals surface area (Å²) in [6, 6.07) is 5.88. The van der Waals surface area contributed by atoms with Crippen molar-refractivity contribution in [2.75, 3.05) is 12.4 Å². The smallest absolute Gasteiger partial charge is 0.408 e. The van der Waals surface area contributed by atoms with Gasteiger partial charge in [0.1, 0.15) is 0 Å². The zero-order valence-electron chi connectivity index (χ0n) is 12.2. The maximum absolute atomic E-state index is 11.3. The average molecular weight is 385 g/mol. The number of halogens is 3. The van der Waals surface area contributed by atoms with Crippen molar-refractivity contribution < 1.29 is 9.53 Å². The number of hydrogen-bond donors (Lipinski definition) is 3. The molecule has 1 aromatic rings. The first-order valence-corrected chi connectivity index (χ1v) is 7.73. The van der Waals surface area contributed by atoms with Crippen LogP contribution in [0.1, 0.15) is 11.1 Å². The summed E-state index contributed by atoms with van der Waals surface area (Å²) in [6.07, 6.45) is -1.81. The van der Waals surface area contributed by atoms with Gasteiger partial charge < -0.3 is 15.4 Å². The first-order chi connectivity index (χ1) is 10.1. The summed E-state index contributed by atoms with van der Waals surface area (Å²) in [5.74, 6) is 0. The highest BCUT2D eigenvalue weighted by atomic mass is 35.6.